The summed E-state index contributed by atoms with van der Waals surface area (Å²) in [5.41, 5.74) is 1.25. The number of aliphatic hydroxyl groups excluding tert-OH is 1. The van der Waals surface area contributed by atoms with E-state index in [0.29, 0.717) is 0 Å². The van der Waals surface area contributed by atoms with Crippen LogP contribution in [0.5, 0.6) is 0 Å². The van der Waals surface area contributed by atoms with Crippen LogP contribution in [0.15, 0.2) is 28.7 Å². The van der Waals surface area contributed by atoms with Crippen molar-refractivity contribution in [2.24, 2.45) is 5.41 Å². The highest BCUT2D eigenvalue weighted by atomic mass is 79.9. The lowest BCUT2D eigenvalue weighted by Gasteiger charge is -2.26. The summed E-state index contributed by atoms with van der Waals surface area (Å²) >= 11 is 3.43. The molecule has 2 nitrogen and oxygen atoms in total. The van der Waals surface area contributed by atoms with E-state index in [0.717, 1.165) is 16.6 Å². The molecule has 1 unspecified atom stereocenters. The molecule has 0 fully saturated rings. The topological polar surface area (TPSA) is 32.3 Å². The predicted octanol–water partition coefficient (Wildman–Crippen LogP) is 3.66. The Bertz CT molecular complexity index is 333. The van der Waals surface area contributed by atoms with Crippen molar-refractivity contribution in [1.29, 1.82) is 0 Å². The van der Waals surface area contributed by atoms with Crippen LogP contribution in [0.1, 0.15) is 27.2 Å². The number of benzene rings is 1. The number of rotatable bonds is 4. The zero-order chi connectivity index (χ0) is 12.2. The van der Waals surface area contributed by atoms with Crippen molar-refractivity contribution in [3.8, 4) is 0 Å². The van der Waals surface area contributed by atoms with Gasteiger partial charge in [0.25, 0.3) is 0 Å². The van der Waals surface area contributed by atoms with E-state index >= 15 is 0 Å². The highest BCUT2D eigenvalue weighted by molar-refractivity contribution is 9.10. The van der Waals surface area contributed by atoms with Crippen molar-refractivity contribution in [3.63, 3.8) is 0 Å². The summed E-state index contributed by atoms with van der Waals surface area (Å²) in [7, 11) is 0. The van der Waals surface area contributed by atoms with Gasteiger partial charge in [-0.1, -0.05) is 42.8 Å². The van der Waals surface area contributed by atoms with Crippen LogP contribution in [0.4, 0.5) is 5.69 Å². The van der Waals surface area contributed by atoms with E-state index < -0.39 is 0 Å². The van der Waals surface area contributed by atoms with Gasteiger partial charge in [-0.25, -0.2) is 0 Å². The van der Waals surface area contributed by atoms with Gasteiger partial charge in [0.1, 0.15) is 0 Å². The first-order valence-corrected chi connectivity index (χ1v) is 6.33. The Morgan fingerprint density at radius 2 is 2.06 bits per heavy atom. The summed E-state index contributed by atoms with van der Waals surface area (Å²) in [6.07, 6.45) is 0.940. The van der Waals surface area contributed by atoms with E-state index in [1.807, 2.05) is 24.3 Å². The Hall–Kier alpha value is -0.540. The molecule has 0 aliphatic rings. The molecule has 1 rings (SSSR count). The van der Waals surface area contributed by atoms with Crippen LogP contribution in [0, 0.1) is 5.41 Å². The van der Waals surface area contributed by atoms with Crippen LogP contribution in [0.3, 0.4) is 0 Å². The van der Waals surface area contributed by atoms with Gasteiger partial charge in [0.15, 0.2) is 0 Å². The van der Waals surface area contributed by atoms with Crippen LogP contribution >= 0.6 is 15.9 Å². The number of hydrogen-bond donors (Lipinski definition) is 2. The van der Waals surface area contributed by atoms with Crippen molar-refractivity contribution >= 4 is 21.6 Å². The van der Waals surface area contributed by atoms with Crippen molar-refractivity contribution in [3.05, 3.63) is 28.7 Å². The van der Waals surface area contributed by atoms with E-state index in [4.69, 9.17) is 0 Å². The smallest absolute Gasteiger partial charge is 0.0633 e. The van der Waals surface area contributed by atoms with Gasteiger partial charge in [0.2, 0.25) is 0 Å². The lowest BCUT2D eigenvalue weighted by atomic mass is 9.88. The highest BCUT2D eigenvalue weighted by Crippen LogP contribution is 2.23. The fourth-order valence-corrected chi connectivity index (χ4v) is 2.11. The van der Waals surface area contributed by atoms with Crippen molar-refractivity contribution in [2.45, 2.75) is 33.2 Å². The number of halogens is 1. The molecule has 0 radical (unpaired) electrons. The number of nitrogens with one attached hydrogen (secondary N) is 1. The Labute approximate surface area is 106 Å². The van der Waals surface area contributed by atoms with E-state index in [9.17, 15) is 5.11 Å². The number of hydrogen-bond acceptors (Lipinski definition) is 2. The normalized spacial score (nSPS) is 13.6. The Morgan fingerprint density at radius 1 is 1.38 bits per heavy atom. The molecule has 3 heteroatoms. The minimum absolute atomic E-state index is 0.106. The predicted molar refractivity (Wildman–Crippen MR) is 72.7 cm³/mol. The Morgan fingerprint density at radius 3 is 2.56 bits per heavy atom. The molecule has 0 saturated carbocycles. The summed E-state index contributed by atoms with van der Waals surface area (Å²) in [6, 6.07) is 8.11. The monoisotopic (exact) mass is 285 g/mol. The van der Waals surface area contributed by atoms with E-state index in [-0.39, 0.29) is 18.1 Å². The average Bonchev–Trinajstić information content (AvgIpc) is 2.14. The first-order chi connectivity index (χ1) is 7.40. The van der Waals surface area contributed by atoms with E-state index in [2.05, 4.69) is 42.0 Å². The maximum atomic E-state index is 9.35. The number of aliphatic hydroxyl groups is 1. The molecule has 0 aliphatic heterocycles. The van der Waals surface area contributed by atoms with E-state index in [1.54, 1.807) is 0 Å². The molecule has 1 aromatic carbocycles. The fraction of sp³-hybridized carbons (Fsp3) is 0.538. The lowest BCUT2D eigenvalue weighted by Crippen LogP contribution is -2.29. The summed E-state index contributed by atoms with van der Waals surface area (Å²) in [4.78, 5) is 0. The summed E-state index contributed by atoms with van der Waals surface area (Å²) in [5, 5.41) is 12.7. The zero-order valence-electron chi connectivity index (χ0n) is 10.1. The zero-order valence-corrected chi connectivity index (χ0v) is 11.7. The van der Waals surface area contributed by atoms with Gasteiger partial charge in [-0.3, -0.25) is 0 Å². The molecular weight excluding hydrogens is 266 g/mol. The standard InChI is InChI=1S/C13H20BrNO/c1-13(2,3)8-12(9-16)15-11-6-4-5-10(14)7-11/h4-7,12,15-16H,8-9H2,1-3H3. The van der Waals surface area contributed by atoms with Crippen LogP contribution in [-0.4, -0.2) is 17.8 Å². The van der Waals surface area contributed by atoms with Gasteiger partial charge in [-0.05, 0) is 30.0 Å². The molecule has 0 saturated heterocycles. The molecular formula is C13H20BrNO. The molecule has 0 aliphatic carbocycles. The lowest BCUT2D eigenvalue weighted by molar-refractivity contribution is 0.234. The molecule has 2 N–H and O–H groups in total. The largest absolute Gasteiger partial charge is 0.394 e. The van der Waals surface area contributed by atoms with Crippen molar-refractivity contribution < 1.29 is 5.11 Å². The highest BCUT2D eigenvalue weighted by Gasteiger charge is 2.17. The molecule has 0 amide bonds. The maximum absolute atomic E-state index is 9.35. The maximum Gasteiger partial charge on any atom is 0.0633 e. The summed E-state index contributed by atoms with van der Waals surface area (Å²) in [5.74, 6) is 0. The first kappa shape index (κ1) is 13.5. The second-order valence-electron chi connectivity index (χ2n) is 5.30. The second-order valence-corrected chi connectivity index (χ2v) is 6.21. The molecule has 90 valence electrons. The quantitative estimate of drug-likeness (QED) is 0.885. The molecule has 0 heterocycles. The second kappa shape index (κ2) is 5.69. The average molecular weight is 286 g/mol. The SMILES string of the molecule is CC(C)(C)CC(CO)Nc1cccc(Br)c1. The van der Waals surface area contributed by atoms with Gasteiger partial charge >= 0.3 is 0 Å². The van der Waals surface area contributed by atoms with Crippen LogP contribution < -0.4 is 5.32 Å². The van der Waals surface area contributed by atoms with E-state index in [1.165, 1.54) is 0 Å². The van der Waals surface area contributed by atoms with Crippen LogP contribution in [0.2, 0.25) is 0 Å². The van der Waals surface area contributed by atoms with Crippen LogP contribution in [0.25, 0.3) is 0 Å². The van der Waals surface area contributed by atoms with Gasteiger partial charge in [-0.15, -0.1) is 0 Å². The van der Waals surface area contributed by atoms with Gasteiger partial charge < -0.3 is 10.4 Å². The Balaban J connectivity index is 2.63. The Kier molecular flexibility index (Phi) is 4.81. The molecule has 1 aromatic rings. The molecule has 0 aromatic heterocycles. The first-order valence-electron chi connectivity index (χ1n) is 5.54. The van der Waals surface area contributed by atoms with Gasteiger partial charge in [0.05, 0.1) is 6.61 Å². The van der Waals surface area contributed by atoms with Gasteiger partial charge in [-0.2, -0.15) is 0 Å². The third kappa shape index (κ3) is 4.99. The van der Waals surface area contributed by atoms with Crippen molar-refractivity contribution in [1.82, 2.24) is 0 Å². The minimum Gasteiger partial charge on any atom is -0.394 e. The summed E-state index contributed by atoms with van der Waals surface area (Å²) < 4.78 is 1.05. The number of anilines is 1. The third-order valence-corrected chi connectivity index (χ3v) is 2.77. The van der Waals surface area contributed by atoms with Crippen LogP contribution in [-0.2, 0) is 0 Å². The molecule has 0 bridgehead atoms. The molecule has 16 heavy (non-hydrogen) atoms. The van der Waals surface area contributed by atoms with Crippen molar-refractivity contribution in [2.75, 3.05) is 11.9 Å². The fourth-order valence-electron chi connectivity index (χ4n) is 1.71. The molecule has 0 spiro atoms. The van der Waals surface area contributed by atoms with Gasteiger partial charge in [0, 0.05) is 16.2 Å². The third-order valence-electron chi connectivity index (χ3n) is 2.27. The minimum atomic E-state index is 0.106. The summed E-state index contributed by atoms with van der Waals surface area (Å²) in [6.45, 7) is 6.69. The molecule has 1 atom stereocenters.